The zero-order valence-corrected chi connectivity index (χ0v) is 11.6. The van der Waals surface area contributed by atoms with E-state index >= 15 is 0 Å². The van der Waals surface area contributed by atoms with Crippen LogP contribution in [0.1, 0.15) is 43.5 Å². The van der Waals surface area contributed by atoms with Gasteiger partial charge in [-0.1, -0.05) is 11.6 Å². The van der Waals surface area contributed by atoms with E-state index in [2.05, 4.69) is 10.3 Å². The molecule has 1 aliphatic rings. The molecule has 20 heavy (non-hydrogen) atoms. The predicted octanol–water partition coefficient (Wildman–Crippen LogP) is 2.43. The van der Waals surface area contributed by atoms with E-state index in [-0.39, 0.29) is 6.61 Å². The van der Waals surface area contributed by atoms with Crippen LogP contribution in [0, 0.1) is 0 Å². The molecule has 5 nitrogen and oxygen atoms in total. The van der Waals surface area contributed by atoms with Gasteiger partial charge in [0.05, 0.1) is 24.6 Å². The lowest BCUT2D eigenvalue weighted by Gasteiger charge is -2.26. The molecule has 0 aliphatic heterocycles. The Morgan fingerprint density at radius 2 is 2.05 bits per heavy atom. The minimum absolute atomic E-state index is 0.0527. The largest absolute Gasteiger partial charge is 0.494 e. The van der Waals surface area contributed by atoms with Gasteiger partial charge in [0.15, 0.2) is 0 Å². The molecule has 5 heteroatoms. The second-order valence-corrected chi connectivity index (χ2v) is 5.05. The number of nitrogens with zero attached hydrogens (tertiary/aromatic N) is 3. The summed E-state index contributed by atoms with van der Waals surface area (Å²) in [7, 11) is 0. The molecule has 1 aliphatic carbocycles. The number of hydrogen-bond acceptors (Lipinski definition) is 4. The number of aliphatic hydroxyl groups is 1. The molecule has 0 bridgehead atoms. The highest BCUT2D eigenvalue weighted by atomic mass is 16.5. The second kappa shape index (κ2) is 5.63. The Morgan fingerprint density at radius 1 is 1.30 bits per heavy atom. The average Bonchev–Trinajstić information content (AvgIpc) is 2.82. The molecule has 0 saturated heterocycles. The van der Waals surface area contributed by atoms with Crippen molar-refractivity contribution in [1.82, 2.24) is 15.0 Å². The standard InChI is InChI=1S/C15H19N3O2/c1-2-20-13-8-6-12(7-9-13)18-15(11-4-3-5-11)14(10-19)16-17-18/h6-9,11,19H,2-5,10H2,1H3. The van der Waals surface area contributed by atoms with Crippen LogP contribution in [0.15, 0.2) is 24.3 Å². The van der Waals surface area contributed by atoms with Gasteiger partial charge >= 0.3 is 0 Å². The molecule has 1 N–H and O–H groups in total. The Morgan fingerprint density at radius 3 is 2.60 bits per heavy atom. The summed E-state index contributed by atoms with van der Waals surface area (Å²) in [5.74, 6) is 1.32. The number of ether oxygens (including phenoxy) is 1. The van der Waals surface area contributed by atoms with Crippen molar-refractivity contribution >= 4 is 0 Å². The highest BCUT2D eigenvalue weighted by Crippen LogP contribution is 2.38. The van der Waals surface area contributed by atoms with Crippen molar-refractivity contribution < 1.29 is 9.84 Å². The van der Waals surface area contributed by atoms with Gasteiger partial charge in [0, 0.05) is 5.92 Å². The first kappa shape index (κ1) is 13.1. The summed E-state index contributed by atoms with van der Waals surface area (Å²) in [6.45, 7) is 2.57. The van der Waals surface area contributed by atoms with E-state index in [1.54, 1.807) is 0 Å². The minimum Gasteiger partial charge on any atom is -0.494 e. The van der Waals surface area contributed by atoms with Gasteiger partial charge in [-0.25, -0.2) is 4.68 Å². The highest BCUT2D eigenvalue weighted by Gasteiger charge is 2.27. The van der Waals surface area contributed by atoms with E-state index in [4.69, 9.17) is 4.74 Å². The third-order valence-corrected chi connectivity index (χ3v) is 3.81. The fraction of sp³-hybridized carbons (Fsp3) is 0.467. The molecule has 2 aromatic rings. The number of aromatic nitrogens is 3. The van der Waals surface area contributed by atoms with Gasteiger partial charge < -0.3 is 9.84 Å². The first-order chi connectivity index (χ1) is 9.83. The van der Waals surface area contributed by atoms with E-state index in [9.17, 15) is 5.11 Å². The van der Waals surface area contributed by atoms with Crippen molar-refractivity contribution in [3.8, 4) is 11.4 Å². The topological polar surface area (TPSA) is 60.2 Å². The van der Waals surface area contributed by atoms with Crippen molar-refractivity contribution in [3.63, 3.8) is 0 Å². The zero-order chi connectivity index (χ0) is 13.9. The van der Waals surface area contributed by atoms with Gasteiger partial charge in [-0.3, -0.25) is 0 Å². The van der Waals surface area contributed by atoms with Crippen molar-refractivity contribution in [2.45, 2.75) is 38.7 Å². The van der Waals surface area contributed by atoms with Gasteiger partial charge in [0.2, 0.25) is 0 Å². The van der Waals surface area contributed by atoms with Crippen LogP contribution in [0.3, 0.4) is 0 Å². The van der Waals surface area contributed by atoms with E-state index in [0.29, 0.717) is 18.2 Å². The summed E-state index contributed by atoms with van der Waals surface area (Å²) in [5, 5.41) is 17.7. The smallest absolute Gasteiger partial charge is 0.119 e. The number of benzene rings is 1. The normalized spacial score (nSPS) is 15.1. The summed E-state index contributed by atoms with van der Waals surface area (Å²) < 4.78 is 7.30. The molecule has 0 amide bonds. The van der Waals surface area contributed by atoms with Gasteiger partial charge in [0.25, 0.3) is 0 Å². The van der Waals surface area contributed by atoms with E-state index in [1.807, 2.05) is 35.9 Å². The van der Waals surface area contributed by atoms with E-state index < -0.39 is 0 Å². The average molecular weight is 273 g/mol. The fourth-order valence-electron chi connectivity index (χ4n) is 2.56. The molecule has 106 valence electrons. The number of rotatable bonds is 5. The maximum absolute atomic E-state index is 9.43. The van der Waals surface area contributed by atoms with Crippen molar-refractivity contribution in [1.29, 1.82) is 0 Å². The lowest BCUT2D eigenvalue weighted by atomic mass is 9.82. The highest BCUT2D eigenvalue weighted by molar-refractivity contribution is 5.39. The minimum atomic E-state index is -0.0527. The lowest BCUT2D eigenvalue weighted by molar-refractivity contribution is 0.272. The third kappa shape index (κ3) is 2.29. The number of hydrogen-bond donors (Lipinski definition) is 1. The summed E-state index contributed by atoms with van der Waals surface area (Å²) in [4.78, 5) is 0. The molecule has 0 unspecified atom stereocenters. The first-order valence-electron chi connectivity index (χ1n) is 7.12. The monoisotopic (exact) mass is 273 g/mol. The SMILES string of the molecule is CCOc1ccc(-n2nnc(CO)c2C2CCC2)cc1. The maximum Gasteiger partial charge on any atom is 0.119 e. The molecule has 0 atom stereocenters. The molecule has 1 aromatic carbocycles. The van der Waals surface area contributed by atoms with Crippen LogP contribution in [0.4, 0.5) is 0 Å². The Hall–Kier alpha value is -1.88. The van der Waals surface area contributed by atoms with Crippen LogP contribution in [0.25, 0.3) is 5.69 Å². The molecule has 1 heterocycles. The van der Waals surface area contributed by atoms with Crippen LogP contribution in [0.5, 0.6) is 5.75 Å². The van der Waals surface area contributed by atoms with Crippen LogP contribution in [-0.2, 0) is 6.61 Å². The molecular formula is C15H19N3O2. The lowest BCUT2D eigenvalue weighted by Crippen LogP contribution is -2.16. The Kier molecular flexibility index (Phi) is 3.69. The van der Waals surface area contributed by atoms with Crippen LogP contribution < -0.4 is 4.74 Å². The van der Waals surface area contributed by atoms with Crippen molar-refractivity contribution in [3.05, 3.63) is 35.7 Å². The quantitative estimate of drug-likeness (QED) is 0.909. The van der Waals surface area contributed by atoms with Crippen LogP contribution >= 0.6 is 0 Å². The molecule has 3 rings (SSSR count). The first-order valence-corrected chi connectivity index (χ1v) is 7.12. The maximum atomic E-state index is 9.43. The molecule has 1 fully saturated rings. The van der Waals surface area contributed by atoms with E-state index in [1.165, 1.54) is 6.42 Å². The van der Waals surface area contributed by atoms with Crippen molar-refractivity contribution in [2.75, 3.05) is 6.61 Å². The van der Waals surface area contributed by atoms with Crippen LogP contribution in [-0.4, -0.2) is 26.7 Å². The Balaban J connectivity index is 1.94. The Labute approximate surface area is 118 Å². The summed E-state index contributed by atoms with van der Waals surface area (Å²) in [6, 6.07) is 7.82. The van der Waals surface area contributed by atoms with Crippen LogP contribution in [0.2, 0.25) is 0 Å². The Bertz CT molecular complexity index is 573. The molecule has 1 saturated carbocycles. The predicted molar refractivity (Wildman–Crippen MR) is 75.0 cm³/mol. The molecule has 0 spiro atoms. The summed E-state index contributed by atoms with van der Waals surface area (Å²) >= 11 is 0. The molecule has 1 aromatic heterocycles. The van der Waals surface area contributed by atoms with Gasteiger partial charge in [-0.15, -0.1) is 5.10 Å². The van der Waals surface area contributed by atoms with Gasteiger partial charge in [-0.05, 0) is 44.0 Å². The second-order valence-electron chi connectivity index (χ2n) is 5.05. The molecular weight excluding hydrogens is 254 g/mol. The van der Waals surface area contributed by atoms with Crippen molar-refractivity contribution in [2.24, 2.45) is 0 Å². The summed E-state index contributed by atoms with van der Waals surface area (Å²) in [6.07, 6.45) is 3.54. The third-order valence-electron chi connectivity index (χ3n) is 3.81. The van der Waals surface area contributed by atoms with Gasteiger partial charge in [-0.2, -0.15) is 0 Å². The molecule has 0 radical (unpaired) electrons. The fourth-order valence-corrected chi connectivity index (χ4v) is 2.56. The zero-order valence-electron chi connectivity index (χ0n) is 11.6. The van der Waals surface area contributed by atoms with E-state index in [0.717, 1.165) is 30.0 Å². The summed E-state index contributed by atoms with van der Waals surface area (Å²) in [5.41, 5.74) is 2.72. The van der Waals surface area contributed by atoms with Gasteiger partial charge in [0.1, 0.15) is 11.4 Å². The number of aliphatic hydroxyl groups excluding tert-OH is 1.